The number of nitro groups is 1. The third-order valence-electron chi connectivity index (χ3n) is 3.01. The molecule has 7 heteroatoms. The van der Waals surface area contributed by atoms with Gasteiger partial charge < -0.3 is 10.1 Å². The Kier molecular flexibility index (Phi) is 4.08. The number of rotatable bonds is 5. The van der Waals surface area contributed by atoms with Crippen molar-refractivity contribution in [2.24, 2.45) is 0 Å². The van der Waals surface area contributed by atoms with Crippen molar-refractivity contribution in [1.29, 1.82) is 0 Å². The lowest BCUT2D eigenvalue weighted by atomic mass is 10.2. The lowest BCUT2D eigenvalue weighted by molar-refractivity contribution is -0.383. The zero-order chi connectivity index (χ0) is 13.8. The molecule has 0 radical (unpaired) electrons. The number of anilines is 1. The second kappa shape index (κ2) is 5.77. The lowest BCUT2D eigenvalue weighted by Gasteiger charge is -2.33. The van der Waals surface area contributed by atoms with Crippen molar-refractivity contribution in [3.05, 3.63) is 34.4 Å². The van der Waals surface area contributed by atoms with Gasteiger partial charge in [0.15, 0.2) is 0 Å². The van der Waals surface area contributed by atoms with Gasteiger partial charge >= 0.3 is 0 Å². The molecule has 0 aliphatic carbocycles. The van der Waals surface area contributed by atoms with Gasteiger partial charge in [0.25, 0.3) is 5.69 Å². The summed E-state index contributed by atoms with van der Waals surface area (Å²) < 4.78 is 5.04. The number of hydrogen-bond acceptors (Lipinski definition) is 5. The van der Waals surface area contributed by atoms with Gasteiger partial charge in [0.1, 0.15) is 5.69 Å². The molecule has 0 bridgehead atoms. The second-order valence-electron chi connectivity index (χ2n) is 4.43. The average Bonchev–Trinajstić information content (AvgIpc) is 2.26. The van der Waals surface area contributed by atoms with Crippen LogP contribution in [0.2, 0.25) is 0 Å². The van der Waals surface area contributed by atoms with Crippen molar-refractivity contribution in [2.45, 2.75) is 6.04 Å². The van der Waals surface area contributed by atoms with Crippen molar-refractivity contribution in [3.8, 4) is 0 Å². The van der Waals surface area contributed by atoms with Gasteiger partial charge in [-0.15, -0.1) is 0 Å². The first-order valence-corrected chi connectivity index (χ1v) is 5.89. The zero-order valence-electron chi connectivity index (χ0n) is 10.5. The van der Waals surface area contributed by atoms with E-state index in [-0.39, 0.29) is 29.9 Å². The molecule has 1 fully saturated rings. The van der Waals surface area contributed by atoms with Crippen molar-refractivity contribution in [2.75, 3.05) is 32.1 Å². The average molecular weight is 265 g/mol. The number of para-hydroxylation sites is 2. The maximum atomic E-state index is 11.8. The number of amides is 1. The fourth-order valence-electron chi connectivity index (χ4n) is 1.76. The fourth-order valence-corrected chi connectivity index (χ4v) is 1.76. The van der Waals surface area contributed by atoms with E-state index in [1.807, 2.05) is 11.9 Å². The van der Waals surface area contributed by atoms with Crippen LogP contribution in [0.3, 0.4) is 0 Å². The van der Waals surface area contributed by atoms with Crippen LogP contribution in [0.15, 0.2) is 24.3 Å². The van der Waals surface area contributed by atoms with Crippen LogP contribution in [0.4, 0.5) is 11.4 Å². The molecule has 1 aliphatic heterocycles. The predicted octanol–water partition coefficient (Wildman–Crippen LogP) is 0.864. The van der Waals surface area contributed by atoms with E-state index in [0.717, 1.165) is 0 Å². The molecule has 1 aromatic rings. The molecule has 2 rings (SSSR count). The summed E-state index contributed by atoms with van der Waals surface area (Å²) in [7, 11) is 1.83. The molecule has 1 aliphatic rings. The standard InChI is InChI=1S/C12H15N3O4/c1-14(9-7-19-8-9)6-12(16)13-10-4-2-3-5-11(10)15(17)18/h2-5,9H,6-8H2,1H3,(H,13,16). The maximum absolute atomic E-state index is 11.8. The molecule has 0 atom stereocenters. The number of carbonyl (C=O) groups is 1. The number of nitrogens with zero attached hydrogens (tertiary/aromatic N) is 2. The third kappa shape index (κ3) is 3.27. The number of hydrogen-bond donors (Lipinski definition) is 1. The van der Waals surface area contributed by atoms with Crippen LogP contribution in [0, 0.1) is 10.1 Å². The van der Waals surface area contributed by atoms with Crippen molar-refractivity contribution >= 4 is 17.3 Å². The lowest BCUT2D eigenvalue weighted by Crippen LogP contribution is -2.49. The van der Waals surface area contributed by atoms with E-state index in [9.17, 15) is 14.9 Å². The molecule has 0 saturated carbocycles. The summed E-state index contributed by atoms with van der Waals surface area (Å²) in [6.07, 6.45) is 0. The molecule has 7 nitrogen and oxygen atoms in total. The number of likely N-dealkylation sites (N-methyl/N-ethyl adjacent to an activating group) is 1. The number of nitrogens with one attached hydrogen (secondary N) is 1. The molecular weight excluding hydrogens is 250 g/mol. The summed E-state index contributed by atoms with van der Waals surface area (Å²) in [5.74, 6) is -0.274. The zero-order valence-corrected chi connectivity index (χ0v) is 10.5. The first-order valence-electron chi connectivity index (χ1n) is 5.89. The molecule has 102 valence electrons. The van der Waals surface area contributed by atoms with Crippen molar-refractivity contribution < 1.29 is 14.5 Å². The molecule has 0 aromatic heterocycles. The smallest absolute Gasteiger partial charge is 0.292 e. The quantitative estimate of drug-likeness (QED) is 0.630. The van der Waals surface area contributed by atoms with E-state index in [4.69, 9.17) is 4.74 Å². The molecule has 1 saturated heterocycles. The highest BCUT2D eigenvalue weighted by Crippen LogP contribution is 2.23. The Labute approximate surface area is 110 Å². The minimum atomic E-state index is -0.515. The van der Waals surface area contributed by atoms with Gasteiger partial charge in [0.05, 0.1) is 30.7 Å². The topological polar surface area (TPSA) is 84.7 Å². The minimum absolute atomic E-state index is 0.106. The number of benzene rings is 1. The van der Waals surface area contributed by atoms with Gasteiger partial charge in [-0.2, -0.15) is 0 Å². The minimum Gasteiger partial charge on any atom is -0.378 e. The Morgan fingerprint density at radius 2 is 2.21 bits per heavy atom. The highest BCUT2D eigenvalue weighted by molar-refractivity contribution is 5.94. The largest absolute Gasteiger partial charge is 0.378 e. The second-order valence-corrected chi connectivity index (χ2v) is 4.43. The van der Waals surface area contributed by atoms with Gasteiger partial charge in [0.2, 0.25) is 5.91 Å². The Morgan fingerprint density at radius 3 is 2.79 bits per heavy atom. The first kappa shape index (κ1) is 13.4. The highest BCUT2D eigenvalue weighted by atomic mass is 16.6. The normalized spacial score (nSPS) is 15.1. The Hall–Kier alpha value is -1.99. The predicted molar refractivity (Wildman–Crippen MR) is 69.0 cm³/mol. The Morgan fingerprint density at radius 1 is 1.53 bits per heavy atom. The monoisotopic (exact) mass is 265 g/mol. The fraction of sp³-hybridized carbons (Fsp3) is 0.417. The molecule has 0 unspecified atom stereocenters. The molecule has 1 amide bonds. The summed E-state index contributed by atoms with van der Waals surface area (Å²) in [6, 6.07) is 6.33. The van der Waals surface area contributed by atoms with E-state index in [0.29, 0.717) is 13.2 Å². The van der Waals surface area contributed by atoms with Crippen LogP contribution in [0.5, 0.6) is 0 Å². The third-order valence-corrected chi connectivity index (χ3v) is 3.01. The molecule has 1 aromatic carbocycles. The van der Waals surface area contributed by atoms with Crippen molar-refractivity contribution in [1.82, 2.24) is 4.90 Å². The van der Waals surface area contributed by atoms with Crippen LogP contribution in [-0.4, -0.2) is 48.6 Å². The van der Waals surface area contributed by atoms with Gasteiger partial charge in [-0.1, -0.05) is 12.1 Å². The molecule has 0 spiro atoms. The van der Waals surface area contributed by atoms with Gasteiger partial charge in [0, 0.05) is 6.07 Å². The maximum Gasteiger partial charge on any atom is 0.292 e. The molecular formula is C12H15N3O4. The Bertz CT molecular complexity index is 488. The SMILES string of the molecule is CN(CC(=O)Nc1ccccc1[N+](=O)[O-])C1COC1. The van der Waals surface area contributed by atoms with E-state index < -0.39 is 4.92 Å². The van der Waals surface area contributed by atoms with E-state index in [1.54, 1.807) is 12.1 Å². The summed E-state index contributed by atoms with van der Waals surface area (Å²) in [6.45, 7) is 1.42. The van der Waals surface area contributed by atoms with Gasteiger partial charge in [-0.3, -0.25) is 19.8 Å². The summed E-state index contributed by atoms with van der Waals surface area (Å²) in [5, 5.41) is 13.4. The van der Waals surface area contributed by atoms with Gasteiger partial charge in [-0.25, -0.2) is 0 Å². The van der Waals surface area contributed by atoms with Crippen LogP contribution < -0.4 is 5.32 Å². The molecule has 19 heavy (non-hydrogen) atoms. The van der Waals surface area contributed by atoms with Gasteiger partial charge in [-0.05, 0) is 13.1 Å². The van der Waals surface area contributed by atoms with E-state index >= 15 is 0 Å². The number of ether oxygens (including phenoxy) is 1. The van der Waals surface area contributed by atoms with E-state index in [2.05, 4.69) is 5.32 Å². The number of carbonyl (C=O) groups excluding carboxylic acids is 1. The Balaban J connectivity index is 1.96. The number of nitro benzene ring substituents is 1. The van der Waals surface area contributed by atoms with Crippen LogP contribution >= 0.6 is 0 Å². The molecule has 1 N–H and O–H groups in total. The first-order chi connectivity index (χ1) is 9.08. The van der Waals surface area contributed by atoms with Crippen LogP contribution in [0.1, 0.15) is 0 Å². The van der Waals surface area contributed by atoms with Crippen LogP contribution in [0.25, 0.3) is 0 Å². The molecule has 1 heterocycles. The summed E-state index contributed by atoms with van der Waals surface area (Å²) >= 11 is 0. The van der Waals surface area contributed by atoms with Crippen molar-refractivity contribution in [3.63, 3.8) is 0 Å². The summed E-state index contributed by atoms with van der Waals surface area (Å²) in [5.41, 5.74) is 0.112. The summed E-state index contributed by atoms with van der Waals surface area (Å²) in [4.78, 5) is 24.0. The van der Waals surface area contributed by atoms with E-state index in [1.165, 1.54) is 12.1 Å². The highest BCUT2D eigenvalue weighted by Gasteiger charge is 2.25. The van der Waals surface area contributed by atoms with Crippen LogP contribution in [-0.2, 0) is 9.53 Å².